The zero-order chi connectivity index (χ0) is 16.2. The summed E-state index contributed by atoms with van der Waals surface area (Å²) in [6.45, 7) is 6.14. The highest BCUT2D eigenvalue weighted by atomic mass is 16.3. The van der Waals surface area contributed by atoms with Gasteiger partial charge in [0.1, 0.15) is 0 Å². The SMILES string of the molecule is C[C@H](CC(=O)N1CCN(C[C@H](O)c2ccccc2)CC1)C1CC1. The van der Waals surface area contributed by atoms with Crippen LogP contribution in [0.3, 0.4) is 0 Å². The molecule has 0 bridgehead atoms. The Morgan fingerprint density at radius 2 is 1.83 bits per heavy atom. The highest BCUT2D eigenvalue weighted by Crippen LogP contribution is 2.38. The average Bonchev–Trinajstić information content (AvgIpc) is 3.41. The minimum Gasteiger partial charge on any atom is -0.387 e. The first-order valence-electron chi connectivity index (χ1n) is 8.86. The van der Waals surface area contributed by atoms with E-state index in [0.29, 0.717) is 24.8 Å². The van der Waals surface area contributed by atoms with E-state index in [1.165, 1.54) is 12.8 Å². The summed E-state index contributed by atoms with van der Waals surface area (Å²) in [5.74, 6) is 1.65. The van der Waals surface area contributed by atoms with Crippen molar-refractivity contribution in [3.05, 3.63) is 35.9 Å². The normalized spacial score (nSPS) is 21.9. The molecule has 0 radical (unpaired) electrons. The van der Waals surface area contributed by atoms with Crippen molar-refractivity contribution in [3.63, 3.8) is 0 Å². The van der Waals surface area contributed by atoms with Gasteiger partial charge in [-0.1, -0.05) is 37.3 Å². The molecule has 4 nitrogen and oxygen atoms in total. The number of carbonyl (C=O) groups excluding carboxylic acids is 1. The standard InChI is InChI=1S/C19H28N2O2/c1-15(16-7-8-16)13-19(23)21-11-9-20(10-12-21)14-18(22)17-5-3-2-4-6-17/h2-6,15-16,18,22H,7-14H2,1H3/t15-,18+/m1/s1. The number of hydrogen-bond donors (Lipinski definition) is 1. The van der Waals surface area contributed by atoms with Crippen LogP contribution in [0, 0.1) is 11.8 Å². The third-order valence-electron chi connectivity index (χ3n) is 5.26. The number of nitrogens with zero attached hydrogens (tertiary/aromatic N) is 2. The third-order valence-corrected chi connectivity index (χ3v) is 5.26. The molecule has 0 unspecified atom stereocenters. The van der Waals surface area contributed by atoms with Gasteiger partial charge in [0.15, 0.2) is 0 Å². The lowest BCUT2D eigenvalue weighted by atomic mass is 10.0. The van der Waals surface area contributed by atoms with E-state index in [1.54, 1.807) is 0 Å². The summed E-state index contributed by atoms with van der Waals surface area (Å²) in [4.78, 5) is 16.6. The van der Waals surface area contributed by atoms with Gasteiger partial charge in [0.25, 0.3) is 0 Å². The van der Waals surface area contributed by atoms with Crippen LogP contribution in [-0.4, -0.2) is 53.5 Å². The van der Waals surface area contributed by atoms with E-state index < -0.39 is 6.10 Å². The van der Waals surface area contributed by atoms with Crippen molar-refractivity contribution < 1.29 is 9.90 Å². The van der Waals surface area contributed by atoms with E-state index in [9.17, 15) is 9.90 Å². The molecular formula is C19H28N2O2. The minimum atomic E-state index is -0.451. The van der Waals surface area contributed by atoms with Crippen LogP contribution in [0.15, 0.2) is 30.3 Å². The number of benzene rings is 1. The number of amides is 1. The maximum absolute atomic E-state index is 12.3. The predicted molar refractivity (Wildman–Crippen MR) is 90.9 cm³/mol. The van der Waals surface area contributed by atoms with Crippen LogP contribution >= 0.6 is 0 Å². The van der Waals surface area contributed by atoms with Gasteiger partial charge in [-0.25, -0.2) is 0 Å². The number of β-amino-alcohol motifs (C(OH)–C–C–N with tert-alkyl or cyclic N) is 1. The fourth-order valence-electron chi connectivity index (χ4n) is 3.44. The zero-order valence-electron chi connectivity index (χ0n) is 14.0. The summed E-state index contributed by atoms with van der Waals surface area (Å²) in [5, 5.41) is 10.3. The van der Waals surface area contributed by atoms with Gasteiger partial charge >= 0.3 is 0 Å². The summed E-state index contributed by atoms with van der Waals surface area (Å²) in [6, 6.07) is 9.79. The summed E-state index contributed by atoms with van der Waals surface area (Å²) in [7, 11) is 0. The van der Waals surface area contributed by atoms with Gasteiger partial charge in [-0.2, -0.15) is 0 Å². The second-order valence-electron chi connectivity index (χ2n) is 7.13. The van der Waals surface area contributed by atoms with Crippen molar-refractivity contribution in [2.75, 3.05) is 32.7 Å². The molecule has 1 aliphatic heterocycles. The van der Waals surface area contributed by atoms with Crippen molar-refractivity contribution in [1.82, 2.24) is 9.80 Å². The number of hydrogen-bond acceptors (Lipinski definition) is 3. The van der Waals surface area contributed by atoms with E-state index in [1.807, 2.05) is 35.2 Å². The molecule has 1 N–H and O–H groups in total. The summed E-state index contributed by atoms with van der Waals surface area (Å²) >= 11 is 0. The van der Waals surface area contributed by atoms with Crippen LogP contribution in [0.1, 0.15) is 37.9 Å². The first kappa shape index (κ1) is 16.5. The molecule has 1 aliphatic carbocycles. The van der Waals surface area contributed by atoms with Gasteiger partial charge in [-0.3, -0.25) is 9.69 Å². The molecule has 2 aliphatic rings. The van der Waals surface area contributed by atoms with Crippen LogP contribution in [0.2, 0.25) is 0 Å². The van der Waals surface area contributed by atoms with E-state index in [0.717, 1.165) is 37.7 Å². The molecule has 3 rings (SSSR count). The zero-order valence-corrected chi connectivity index (χ0v) is 14.0. The van der Waals surface area contributed by atoms with Crippen LogP contribution in [-0.2, 0) is 4.79 Å². The van der Waals surface area contributed by atoms with Crippen LogP contribution < -0.4 is 0 Å². The molecule has 1 heterocycles. The van der Waals surface area contributed by atoms with E-state index in [2.05, 4.69) is 11.8 Å². The van der Waals surface area contributed by atoms with E-state index in [-0.39, 0.29) is 0 Å². The number of carbonyl (C=O) groups is 1. The Kier molecular flexibility index (Phi) is 5.34. The van der Waals surface area contributed by atoms with Gasteiger partial charge in [0.2, 0.25) is 5.91 Å². The molecule has 0 aromatic heterocycles. The Labute approximate surface area is 139 Å². The molecule has 1 saturated carbocycles. The lowest BCUT2D eigenvalue weighted by Gasteiger charge is -2.36. The highest BCUT2D eigenvalue weighted by Gasteiger charge is 2.31. The highest BCUT2D eigenvalue weighted by molar-refractivity contribution is 5.76. The number of rotatable bonds is 6. The van der Waals surface area contributed by atoms with Crippen molar-refractivity contribution in [1.29, 1.82) is 0 Å². The smallest absolute Gasteiger partial charge is 0.222 e. The molecule has 0 spiro atoms. The molecule has 1 aromatic carbocycles. The topological polar surface area (TPSA) is 43.8 Å². The Hall–Kier alpha value is -1.39. The second kappa shape index (κ2) is 7.45. The predicted octanol–water partition coefficient (Wildman–Crippen LogP) is 2.30. The Morgan fingerprint density at radius 3 is 2.43 bits per heavy atom. The molecule has 2 atom stereocenters. The fourth-order valence-corrected chi connectivity index (χ4v) is 3.44. The van der Waals surface area contributed by atoms with Crippen molar-refractivity contribution in [2.24, 2.45) is 11.8 Å². The monoisotopic (exact) mass is 316 g/mol. The molecule has 1 amide bonds. The van der Waals surface area contributed by atoms with Gasteiger partial charge in [-0.15, -0.1) is 0 Å². The number of aliphatic hydroxyl groups excluding tert-OH is 1. The molecule has 1 aromatic rings. The molecule has 1 saturated heterocycles. The molecule has 2 fully saturated rings. The Balaban J connectivity index is 1.42. The lowest BCUT2D eigenvalue weighted by Crippen LogP contribution is -2.49. The molecule has 23 heavy (non-hydrogen) atoms. The molecular weight excluding hydrogens is 288 g/mol. The van der Waals surface area contributed by atoms with Gasteiger partial charge in [-0.05, 0) is 30.2 Å². The summed E-state index contributed by atoms with van der Waals surface area (Å²) < 4.78 is 0. The van der Waals surface area contributed by atoms with Gasteiger partial charge < -0.3 is 10.0 Å². The van der Waals surface area contributed by atoms with E-state index in [4.69, 9.17) is 0 Å². The maximum atomic E-state index is 12.3. The van der Waals surface area contributed by atoms with Crippen LogP contribution in [0.5, 0.6) is 0 Å². The van der Waals surface area contributed by atoms with Crippen molar-refractivity contribution >= 4 is 5.91 Å². The number of aliphatic hydroxyl groups is 1. The largest absolute Gasteiger partial charge is 0.387 e. The fraction of sp³-hybridized carbons (Fsp3) is 0.632. The minimum absolute atomic E-state index is 0.313. The Bertz CT molecular complexity index is 507. The molecule has 126 valence electrons. The number of piperazine rings is 1. The average molecular weight is 316 g/mol. The second-order valence-corrected chi connectivity index (χ2v) is 7.13. The summed E-state index contributed by atoms with van der Waals surface area (Å²) in [5.41, 5.74) is 0.962. The van der Waals surface area contributed by atoms with Gasteiger partial charge in [0.05, 0.1) is 6.10 Å². The lowest BCUT2D eigenvalue weighted by molar-refractivity contribution is -0.134. The van der Waals surface area contributed by atoms with Crippen molar-refractivity contribution in [2.45, 2.75) is 32.3 Å². The summed E-state index contributed by atoms with van der Waals surface area (Å²) in [6.07, 6.45) is 2.87. The van der Waals surface area contributed by atoms with Crippen LogP contribution in [0.4, 0.5) is 0 Å². The Morgan fingerprint density at radius 1 is 1.17 bits per heavy atom. The maximum Gasteiger partial charge on any atom is 0.222 e. The van der Waals surface area contributed by atoms with Crippen LogP contribution in [0.25, 0.3) is 0 Å². The van der Waals surface area contributed by atoms with Crippen molar-refractivity contribution in [3.8, 4) is 0 Å². The van der Waals surface area contributed by atoms with E-state index >= 15 is 0 Å². The first-order valence-corrected chi connectivity index (χ1v) is 8.86. The van der Waals surface area contributed by atoms with Gasteiger partial charge in [0, 0.05) is 39.1 Å². The quantitative estimate of drug-likeness (QED) is 0.876. The molecule has 4 heteroatoms. The third kappa shape index (κ3) is 4.55. The first-order chi connectivity index (χ1) is 11.1.